The summed E-state index contributed by atoms with van der Waals surface area (Å²) < 4.78 is 0. The third kappa shape index (κ3) is 12.4. The van der Waals surface area contributed by atoms with Crippen LogP contribution in [0.2, 0.25) is 0 Å². The molecule has 25 heavy (non-hydrogen) atoms. The van der Waals surface area contributed by atoms with Crippen LogP contribution in [0.1, 0.15) is 68.2 Å². The third-order valence-electron chi connectivity index (χ3n) is 3.67. The van der Waals surface area contributed by atoms with Crippen LogP contribution in [-0.4, -0.2) is 24.4 Å². The van der Waals surface area contributed by atoms with Crippen molar-refractivity contribution >= 4 is 28.4 Å². The quantitative estimate of drug-likeness (QED) is 0.252. The van der Waals surface area contributed by atoms with E-state index in [-0.39, 0.29) is 7.43 Å². The summed E-state index contributed by atoms with van der Waals surface area (Å²) in [6, 6.07) is 9.16. The Hall–Kier alpha value is 0.402. The Morgan fingerprint density at radius 1 is 0.840 bits per heavy atom. The van der Waals surface area contributed by atoms with Crippen molar-refractivity contribution in [1.29, 1.82) is 0 Å². The second kappa shape index (κ2) is 14.5. The Morgan fingerprint density at radius 3 is 1.36 bits per heavy atom. The Bertz CT molecular complexity index is 403. The van der Waals surface area contributed by atoms with E-state index in [1.165, 1.54) is 18.5 Å². The number of halogens is 1. The minimum atomic E-state index is -0.614. The van der Waals surface area contributed by atoms with Gasteiger partial charge < -0.3 is 12.3 Å². The monoisotopic (exact) mass is 480 g/mol. The van der Waals surface area contributed by atoms with Crippen LogP contribution in [0.4, 0.5) is 5.69 Å². The molecule has 0 saturated carbocycles. The summed E-state index contributed by atoms with van der Waals surface area (Å²) >= 11 is 2.22. The normalized spacial score (nSPS) is 10.8. The first-order chi connectivity index (χ1) is 10.9. The number of rotatable bonds is 3. The summed E-state index contributed by atoms with van der Waals surface area (Å²) in [5, 5.41) is 2.30. The number of unbranched alkanes of at least 4 members (excludes halogenated alkanes) is 1. The van der Waals surface area contributed by atoms with E-state index in [0.29, 0.717) is 10.3 Å². The van der Waals surface area contributed by atoms with Crippen molar-refractivity contribution in [3.05, 3.63) is 31.7 Å². The molecule has 1 rings (SSSR count). The van der Waals surface area contributed by atoms with Gasteiger partial charge in [-0.05, 0) is 65.8 Å². The third-order valence-corrected chi connectivity index (χ3v) is 7.58. The number of nitrogens with zero attached hydrogens (tertiary/aromatic N) is 1. The molecule has 0 aromatic heterocycles. The molecule has 0 fully saturated rings. The predicted octanol–water partition coefficient (Wildman–Crippen LogP) is 7.13. The summed E-state index contributed by atoms with van der Waals surface area (Å²) in [4.78, 5) is 2.16. The van der Waals surface area contributed by atoms with Gasteiger partial charge in [-0.15, -0.1) is 0 Å². The van der Waals surface area contributed by atoms with Crippen molar-refractivity contribution in [2.24, 2.45) is 0 Å². The van der Waals surface area contributed by atoms with E-state index in [0.717, 1.165) is 0 Å². The van der Waals surface area contributed by atoms with Gasteiger partial charge in [0.25, 0.3) is 0 Å². The van der Waals surface area contributed by atoms with Gasteiger partial charge in [-0.3, -0.25) is 0 Å². The molecular formula is C21H42ClNPPd+. The van der Waals surface area contributed by atoms with Crippen molar-refractivity contribution in [2.75, 3.05) is 19.0 Å². The van der Waals surface area contributed by atoms with Gasteiger partial charge in [0, 0.05) is 27.7 Å². The zero-order chi connectivity index (χ0) is 19.6. The van der Waals surface area contributed by atoms with E-state index in [9.17, 15) is 0 Å². The molecular weight excluding hydrogens is 439 g/mol. The zero-order valence-corrected chi connectivity index (χ0v) is 21.7. The summed E-state index contributed by atoms with van der Waals surface area (Å²) in [6.45, 7) is 18.6. The molecule has 0 amide bonds. The predicted molar refractivity (Wildman–Crippen MR) is 121 cm³/mol. The van der Waals surface area contributed by atoms with Crippen LogP contribution in [0.5, 0.6) is 0 Å². The number of anilines is 1. The van der Waals surface area contributed by atoms with E-state index in [1.807, 2.05) is 0 Å². The Balaban J connectivity index is -0.000000607. The molecule has 0 aliphatic rings. The Kier molecular flexibility index (Phi) is 17.4. The summed E-state index contributed by atoms with van der Waals surface area (Å²) in [6.07, 6.45) is 2.64. The van der Waals surface area contributed by atoms with Gasteiger partial charge in [0.05, 0.1) is 15.6 Å². The Labute approximate surface area is 175 Å². The molecule has 0 bridgehead atoms. The van der Waals surface area contributed by atoms with Crippen molar-refractivity contribution in [2.45, 2.75) is 78.5 Å². The molecule has 0 aliphatic carbocycles. The van der Waals surface area contributed by atoms with Gasteiger partial charge in [-0.1, -0.05) is 26.7 Å². The van der Waals surface area contributed by atoms with Gasteiger partial charge in [0.15, 0.2) is 0 Å². The summed E-state index contributed by atoms with van der Waals surface area (Å²) in [7, 11) is 8.06. The second-order valence-electron chi connectivity index (χ2n) is 8.32. The van der Waals surface area contributed by atoms with E-state index in [1.54, 1.807) is 5.30 Å². The standard InChI is InChI=1S/C16H28NP.C4H10.CH3.ClH.Pd/c1-15(2,3)18(16(4,5)6)14-11-9-13(10-12-14)17(7)8;1-3-4-2;;;/h9-12H,1-8H3;3-4H2,1-2H3;1H3;1H;/q;;-1;;+2. The van der Waals surface area contributed by atoms with E-state index < -0.39 is 7.92 Å². The van der Waals surface area contributed by atoms with Crippen LogP contribution in [0.15, 0.2) is 24.3 Å². The van der Waals surface area contributed by atoms with Crippen molar-refractivity contribution < 1.29 is 18.2 Å². The van der Waals surface area contributed by atoms with Crippen LogP contribution < -0.4 is 10.2 Å². The zero-order valence-electron chi connectivity index (χ0n) is 18.4. The van der Waals surface area contributed by atoms with Crippen molar-refractivity contribution in [1.82, 2.24) is 0 Å². The molecule has 0 heterocycles. The molecule has 0 spiro atoms. The molecule has 0 saturated heterocycles. The average Bonchev–Trinajstić information content (AvgIpc) is 2.47. The van der Waals surface area contributed by atoms with Crippen LogP contribution in [0, 0.1) is 7.43 Å². The van der Waals surface area contributed by atoms with Gasteiger partial charge in [-0.2, -0.15) is 0 Å². The first kappa shape index (κ1) is 30.1. The maximum absolute atomic E-state index is 4.49. The summed E-state index contributed by atoms with van der Waals surface area (Å²) in [5.41, 5.74) is 1.28. The van der Waals surface area contributed by atoms with Gasteiger partial charge in [-0.25, -0.2) is 0 Å². The fourth-order valence-corrected chi connectivity index (χ4v) is 7.40. The molecule has 0 radical (unpaired) electrons. The van der Waals surface area contributed by atoms with Gasteiger partial charge in [0.1, 0.15) is 0 Å². The van der Waals surface area contributed by atoms with Gasteiger partial charge >= 0.3 is 27.7 Å². The van der Waals surface area contributed by atoms with Crippen LogP contribution in [0.25, 0.3) is 0 Å². The number of hydrogen-bond donors (Lipinski definition) is 0. The van der Waals surface area contributed by atoms with Crippen molar-refractivity contribution in [3.8, 4) is 0 Å². The molecule has 0 N–H and O–H groups in total. The Morgan fingerprint density at radius 2 is 1.16 bits per heavy atom. The average molecular weight is 481 g/mol. The molecule has 1 nitrogen and oxygen atoms in total. The molecule has 0 aliphatic heterocycles. The second-order valence-corrected chi connectivity index (χ2v) is 12.6. The first-order valence-corrected chi connectivity index (χ1v) is 12.2. The van der Waals surface area contributed by atoms with E-state index in [4.69, 9.17) is 0 Å². The first-order valence-electron chi connectivity index (χ1n) is 8.72. The van der Waals surface area contributed by atoms with Gasteiger partial charge in [0.2, 0.25) is 0 Å². The fraction of sp³-hybridized carbons (Fsp3) is 0.667. The maximum atomic E-state index is 4.49. The molecule has 152 valence electrons. The van der Waals surface area contributed by atoms with Crippen LogP contribution >= 0.6 is 17.5 Å². The van der Waals surface area contributed by atoms with Crippen molar-refractivity contribution in [3.63, 3.8) is 0 Å². The fourth-order valence-electron chi connectivity index (χ4n) is 2.92. The molecule has 4 heteroatoms. The van der Waals surface area contributed by atoms with Crippen LogP contribution in [0.3, 0.4) is 0 Å². The number of hydrogen-bond acceptors (Lipinski definition) is 1. The molecule has 0 atom stereocenters. The molecule has 0 unspecified atom stereocenters. The van der Waals surface area contributed by atoms with E-state index in [2.05, 4.69) is 126 Å². The minimum absolute atomic E-state index is 0. The van der Waals surface area contributed by atoms with Crippen LogP contribution in [-0.2, 0) is 18.2 Å². The van der Waals surface area contributed by atoms with E-state index >= 15 is 0 Å². The topological polar surface area (TPSA) is 3.24 Å². The molecule has 1 aromatic carbocycles. The summed E-state index contributed by atoms with van der Waals surface area (Å²) in [5.74, 6) is 0. The number of benzene rings is 1. The SMILES string of the molecule is CCCC.CN(C)c1ccc([PH+](C(C)(C)C)C(C)(C)C)cc1.[CH3-].[Cl][Pd+]. The molecule has 1 aromatic rings.